The van der Waals surface area contributed by atoms with Gasteiger partial charge in [-0.3, -0.25) is 9.59 Å². The quantitative estimate of drug-likeness (QED) is 0.0223. The minimum atomic E-state index is -5.29. The first-order valence-electron chi connectivity index (χ1n) is 28.1. The third kappa shape index (κ3) is 14.0. The SMILES string of the molecule is COc1cccc(C2(c3cccc(Oc4ccc(C(=O)c5ccc(Oc6ccc(SC(F)(F)C(F)(F)Sc7ccc(Oc8ccc(Oc9ccc(C(=O)c%10ccc(C)cc%10)cc9)cc8S(=O)(=O)[O-])cc7F)c(F)c6)cc5)cc4)c3)c3ccccc3-c3ccccc32)c1.[K+]. The van der Waals surface area contributed by atoms with Crippen molar-refractivity contribution in [2.75, 3.05) is 7.11 Å². The van der Waals surface area contributed by atoms with Crippen molar-refractivity contribution in [2.45, 2.75) is 37.5 Å². The molecule has 0 N–H and O–H groups in total. The number of methoxy groups -OCH3 is 1. The second-order valence-corrected chi connectivity index (χ2v) is 24.8. The van der Waals surface area contributed by atoms with Gasteiger partial charge < -0.3 is 28.2 Å². The summed E-state index contributed by atoms with van der Waals surface area (Å²) in [6, 6.07) is 65.8. The summed E-state index contributed by atoms with van der Waals surface area (Å²) in [6.45, 7) is 1.88. The van der Waals surface area contributed by atoms with Gasteiger partial charge in [0.15, 0.2) is 11.6 Å². The fraction of sp³-hybridized carbons (Fsp3) is 0.0685. The summed E-state index contributed by atoms with van der Waals surface area (Å²) in [5, 5.41) is -10.1. The second kappa shape index (κ2) is 27.3. The average Bonchev–Trinajstić information content (AvgIpc) is 1.56. The van der Waals surface area contributed by atoms with Gasteiger partial charge in [0.1, 0.15) is 78.4 Å². The van der Waals surface area contributed by atoms with E-state index in [4.69, 9.17) is 23.7 Å². The van der Waals surface area contributed by atoms with Gasteiger partial charge in [0, 0.05) is 50.2 Å². The average molecular weight is 1330 g/mol. The number of carbonyl (C=O) groups is 2. The van der Waals surface area contributed by atoms with Gasteiger partial charge >= 0.3 is 61.9 Å². The molecule has 0 radical (unpaired) electrons. The maximum atomic E-state index is 15.4. The van der Waals surface area contributed by atoms with Crippen molar-refractivity contribution in [1.29, 1.82) is 0 Å². The number of ketones is 2. The standard InChI is InChI=1S/C73H48F6O10S3.K/c1-44-17-19-45(20-18-44)69(80)46-25-31-53(32-26-46)88-58-33-36-65(68(43-58)92(82,83)84)89-57-35-38-67(64(75)42-57)91-73(78,79)72(76,77)90-66-37-34-56(41-63(66)74)87-52-29-23-48(24-30-52)70(81)47-21-27-51(28-22-47)86-55-12-8-10-50(40-55)71(49-9-7-11-54(39-49)85-2)61-15-5-3-13-59(61)60-14-4-6-16-62(60)71;/h3-43H,1-2H3,(H,82,83,84);/q;+1/p-1. The van der Waals surface area contributed by atoms with Crippen LogP contribution >= 0.6 is 23.5 Å². The first-order valence-corrected chi connectivity index (χ1v) is 31.1. The zero-order valence-electron chi connectivity index (χ0n) is 49.2. The molecule has 0 unspecified atom stereocenters. The first kappa shape index (κ1) is 66.1. The molecule has 0 spiro atoms. The molecule has 460 valence electrons. The monoisotopic (exact) mass is 1330 g/mol. The van der Waals surface area contributed by atoms with Crippen LogP contribution in [0.2, 0.25) is 0 Å². The number of hydrogen-bond donors (Lipinski definition) is 0. The third-order valence-corrected chi connectivity index (χ3v) is 18.2. The van der Waals surface area contributed by atoms with E-state index in [9.17, 15) is 22.6 Å². The molecule has 93 heavy (non-hydrogen) atoms. The zero-order valence-corrected chi connectivity index (χ0v) is 54.8. The van der Waals surface area contributed by atoms with Gasteiger partial charge in [-0.25, -0.2) is 17.2 Å². The smallest absolute Gasteiger partial charge is 0.744 e. The van der Waals surface area contributed by atoms with E-state index in [0.29, 0.717) is 46.4 Å². The minimum Gasteiger partial charge on any atom is -0.744 e. The number of benzene rings is 11. The molecule has 0 heterocycles. The molecule has 0 bridgehead atoms. The minimum absolute atomic E-state index is 0. The van der Waals surface area contributed by atoms with Crippen LogP contribution in [0.1, 0.15) is 59.7 Å². The predicted octanol–water partition coefficient (Wildman–Crippen LogP) is 16.3. The molecule has 0 amide bonds. The van der Waals surface area contributed by atoms with Gasteiger partial charge in [-0.05, 0) is 197 Å². The number of aryl methyl sites for hydroxylation is 1. The molecule has 11 aromatic carbocycles. The summed E-state index contributed by atoms with van der Waals surface area (Å²) in [5.74, 6) is -2.78. The molecule has 10 nitrogen and oxygen atoms in total. The number of fused-ring (bicyclic) bond motifs is 3. The molecule has 1 aliphatic rings. The molecule has 0 saturated heterocycles. The number of halogens is 6. The van der Waals surface area contributed by atoms with Crippen LogP contribution in [-0.4, -0.2) is 42.2 Å². The van der Waals surface area contributed by atoms with Crippen LogP contribution in [0.15, 0.2) is 263 Å². The van der Waals surface area contributed by atoms with Gasteiger partial charge in [-0.2, -0.15) is 17.6 Å². The Kier molecular flexibility index (Phi) is 19.4. The Morgan fingerprint density at radius 2 is 0.796 bits per heavy atom. The zero-order chi connectivity index (χ0) is 64.5. The Balaban J connectivity index is 0.00000884. The summed E-state index contributed by atoms with van der Waals surface area (Å²) in [5.41, 5.74) is 8.18. The summed E-state index contributed by atoms with van der Waals surface area (Å²) in [4.78, 5) is 23.8. The van der Waals surface area contributed by atoms with E-state index in [0.717, 1.165) is 75.0 Å². The Bertz CT molecular complexity index is 4700. The van der Waals surface area contributed by atoms with E-state index in [1.807, 2.05) is 61.5 Å². The molecule has 0 atom stereocenters. The molecule has 1 aliphatic carbocycles. The molecule has 12 rings (SSSR count). The summed E-state index contributed by atoms with van der Waals surface area (Å²) < 4.78 is 158. The fourth-order valence-electron chi connectivity index (χ4n) is 10.8. The second-order valence-electron chi connectivity index (χ2n) is 21.1. The predicted molar refractivity (Wildman–Crippen MR) is 337 cm³/mol. The van der Waals surface area contributed by atoms with E-state index < -0.39 is 87.4 Å². The molecule has 20 heteroatoms. The van der Waals surface area contributed by atoms with Gasteiger partial charge in [0.25, 0.3) is 0 Å². The number of rotatable bonds is 21. The van der Waals surface area contributed by atoms with Crippen LogP contribution < -0.4 is 75.1 Å². The summed E-state index contributed by atoms with van der Waals surface area (Å²) >= 11 is -1.66. The molecule has 11 aromatic rings. The molecule has 0 fully saturated rings. The van der Waals surface area contributed by atoms with Crippen LogP contribution in [0.5, 0.6) is 51.7 Å². The number of thioether (sulfide) groups is 2. The molecular weight excluding hydrogens is 1290 g/mol. The van der Waals surface area contributed by atoms with Crippen molar-refractivity contribution in [2.24, 2.45) is 0 Å². The maximum Gasteiger partial charge on any atom is 1.00 e. The van der Waals surface area contributed by atoms with Crippen LogP contribution in [0.3, 0.4) is 0 Å². The number of ether oxygens (including phenoxy) is 5. The maximum absolute atomic E-state index is 15.4. The molecule has 0 aliphatic heterocycles. The van der Waals surface area contributed by atoms with Gasteiger partial charge in [-0.1, -0.05) is 103 Å². The Morgan fingerprint density at radius 3 is 1.23 bits per heavy atom. The summed E-state index contributed by atoms with van der Waals surface area (Å²) in [6.07, 6.45) is 0. The Hall–Kier alpha value is -8.41. The normalized spacial score (nSPS) is 12.4. The van der Waals surface area contributed by atoms with Crippen LogP contribution in [-0.2, 0) is 15.5 Å². The van der Waals surface area contributed by atoms with Crippen LogP contribution in [0.25, 0.3) is 11.1 Å². The fourth-order valence-corrected chi connectivity index (χ4v) is 13.0. The van der Waals surface area contributed by atoms with Gasteiger partial charge in [0.05, 0.1) is 12.5 Å². The van der Waals surface area contributed by atoms with Gasteiger partial charge in [0.2, 0.25) is 0 Å². The van der Waals surface area contributed by atoms with Crippen molar-refractivity contribution < 1.29 is 124 Å². The third-order valence-electron chi connectivity index (χ3n) is 15.1. The van der Waals surface area contributed by atoms with E-state index in [-0.39, 0.29) is 91.5 Å². The summed E-state index contributed by atoms with van der Waals surface area (Å²) in [7, 11) is -3.65. The first-order chi connectivity index (χ1) is 44.1. The van der Waals surface area contributed by atoms with Crippen LogP contribution in [0, 0.1) is 18.6 Å². The van der Waals surface area contributed by atoms with Crippen molar-refractivity contribution >= 4 is 45.2 Å². The van der Waals surface area contributed by atoms with E-state index in [1.54, 1.807) is 55.6 Å². The van der Waals surface area contributed by atoms with Crippen molar-refractivity contribution in [3.63, 3.8) is 0 Å². The number of alkyl halides is 4. The number of hydrogen-bond acceptors (Lipinski definition) is 12. The van der Waals surface area contributed by atoms with Crippen molar-refractivity contribution in [1.82, 2.24) is 0 Å². The largest absolute Gasteiger partial charge is 1.00 e. The van der Waals surface area contributed by atoms with Crippen molar-refractivity contribution in [3.05, 3.63) is 310 Å². The van der Waals surface area contributed by atoms with E-state index in [2.05, 4.69) is 42.5 Å². The molecule has 0 aromatic heterocycles. The van der Waals surface area contributed by atoms with Crippen molar-refractivity contribution in [3.8, 4) is 62.9 Å². The van der Waals surface area contributed by atoms with Gasteiger partial charge in [-0.15, -0.1) is 0 Å². The van der Waals surface area contributed by atoms with E-state index >= 15 is 26.3 Å². The number of carbonyl (C=O) groups excluding carboxylic acids is 2. The van der Waals surface area contributed by atoms with Crippen LogP contribution in [0.4, 0.5) is 26.3 Å². The topological polar surface area (TPSA) is 137 Å². The molecule has 0 saturated carbocycles. The Labute approximate surface area is 581 Å². The van der Waals surface area contributed by atoms with E-state index in [1.165, 1.54) is 54.6 Å². The molecular formula is C73H47F6KO10S3. The Morgan fingerprint density at radius 1 is 0.430 bits per heavy atom.